The Labute approximate surface area is 133 Å². The molecule has 0 aromatic carbocycles. The number of rotatable bonds is 3. The van der Waals surface area contributed by atoms with Crippen molar-refractivity contribution in [2.45, 2.75) is 26.7 Å². The van der Waals surface area contributed by atoms with E-state index in [-0.39, 0.29) is 23.7 Å². The lowest BCUT2D eigenvalue weighted by atomic mass is 9.95. The molecule has 1 aromatic rings. The summed E-state index contributed by atoms with van der Waals surface area (Å²) in [6.07, 6.45) is 3.07. The van der Waals surface area contributed by atoms with Gasteiger partial charge in [-0.25, -0.2) is 4.98 Å². The second kappa shape index (κ2) is 7.02. The van der Waals surface area contributed by atoms with Crippen molar-refractivity contribution in [2.24, 2.45) is 11.8 Å². The fraction of sp³-hybridized carbons (Fsp3) is 0.533. The van der Waals surface area contributed by atoms with Crippen LogP contribution in [0.1, 0.15) is 26.7 Å². The molecule has 2 heterocycles. The van der Waals surface area contributed by atoms with Crippen LogP contribution in [0.2, 0.25) is 0 Å². The topological polar surface area (TPSA) is 62.3 Å². The van der Waals surface area contributed by atoms with Crippen molar-refractivity contribution in [3.63, 3.8) is 0 Å². The summed E-state index contributed by atoms with van der Waals surface area (Å²) in [6, 6.07) is 3.60. The maximum Gasteiger partial charge on any atom is 0.228 e. The molecule has 0 aliphatic carbocycles. The van der Waals surface area contributed by atoms with Crippen LogP contribution < -0.4 is 5.32 Å². The highest BCUT2D eigenvalue weighted by Gasteiger charge is 2.28. The molecular weight excluding hydrogens is 334 g/mol. The minimum absolute atomic E-state index is 0.0125. The Hall–Kier alpha value is -1.43. The summed E-state index contributed by atoms with van der Waals surface area (Å²) in [7, 11) is 0. The summed E-state index contributed by atoms with van der Waals surface area (Å²) >= 11 is 3.31. The monoisotopic (exact) mass is 353 g/mol. The zero-order chi connectivity index (χ0) is 15.4. The van der Waals surface area contributed by atoms with Crippen LogP contribution >= 0.6 is 15.9 Å². The van der Waals surface area contributed by atoms with Crippen LogP contribution in [-0.4, -0.2) is 34.8 Å². The van der Waals surface area contributed by atoms with E-state index >= 15 is 0 Å². The first-order valence-corrected chi connectivity index (χ1v) is 7.98. The summed E-state index contributed by atoms with van der Waals surface area (Å²) in [5, 5.41) is 2.83. The second-order valence-corrected chi connectivity index (χ2v) is 6.52. The predicted octanol–water partition coefficient (Wildman–Crippen LogP) is 2.68. The van der Waals surface area contributed by atoms with Gasteiger partial charge in [0.25, 0.3) is 0 Å². The van der Waals surface area contributed by atoms with E-state index in [1.165, 1.54) is 0 Å². The Morgan fingerprint density at radius 1 is 1.33 bits per heavy atom. The fourth-order valence-corrected chi connectivity index (χ4v) is 2.64. The van der Waals surface area contributed by atoms with Crippen molar-refractivity contribution in [1.29, 1.82) is 0 Å². The van der Waals surface area contributed by atoms with Gasteiger partial charge in [0.15, 0.2) is 0 Å². The smallest absolute Gasteiger partial charge is 0.228 e. The highest BCUT2D eigenvalue weighted by atomic mass is 79.9. The lowest BCUT2D eigenvalue weighted by Gasteiger charge is -2.32. The SMILES string of the molecule is CC(C)C(=O)N1CCC(C(=O)Nc2ccc(Br)cn2)CC1. The van der Waals surface area contributed by atoms with E-state index in [2.05, 4.69) is 26.2 Å². The number of carbonyl (C=O) groups is 2. The van der Waals surface area contributed by atoms with Gasteiger partial charge in [-0.15, -0.1) is 0 Å². The largest absolute Gasteiger partial charge is 0.342 e. The standard InChI is InChI=1S/C15H20BrN3O2/c1-10(2)15(21)19-7-5-11(6-8-19)14(20)18-13-4-3-12(16)9-17-13/h3-4,9-11H,5-8H2,1-2H3,(H,17,18,20). The third-order valence-electron chi connectivity index (χ3n) is 3.65. The summed E-state index contributed by atoms with van der Waals surface area (Å²) in [4.78, 5) is 30.1. The van der Waals surface area contributed by atoms with Crippen molar-refractivity contribution < 1.29 is 9.59 Å². The van der Waals surface area contributed by atoms with Crippen molar-refractivity contribution in [3.05, 3.63) is 22.8 Å². The fourth-order valence-electron chi connectivity index (χ4n) is 2.41. The predicted molar refractivity (Wildman–Crippen MR) is 84.7 cm³/mol. The normalized spacial score (nSPS) is 16.1. The minimum atomic E-state index is -0.0494. The van der Waals surface area contributed by atoms with E-state index < -0.39 is 0 Å². The summed E-state index contributed by atoms with van der Waals surface area (Å²) in [6.45, 7) is 5.12. The molecule has 0 radical (unpaired) electrons. The highest BCUT2D eigenvalue weighted by Crippen LogP contribution is 2.20. The summed E-state index contributed by atoms with van der Waals surface area (Å²) in [5.74, 6) is 0.683. The molecule has 2 amide bonds. The van der Waals surface area contributed by atoms with Crippen molar-refractivity contribution >= 4 is 33.6 Å². The van der Waals surface area contributed by atoms with E-state index in [0.29, 0.717) is 31.7 Å². The Morgan fingerprint density at radius 2 is 2.00 bits per heavy atom. The molecule has 0 atom stereocenters. The lowest BCUT2D eigenvalue weighted by molar-refractivity contribution is -0.137. The third-order valence-corrected chi connectivity index (χ3v) is 4.12. The number of amides is 2. The van der Waals surface area contributed by atoms with Crippen LogP contribution in [0.3, 0.4) is 0 Å². The Morgan fingerprint density at radius 3 is 2.52 bits per heavy atom. The van der Waals surface area contributed by atoms with Gasteiger partial charge in [0.05, 0.1) is 0 Å². The summed E-state index contributed by atoms with van der Waals surface area (Å²) in [5.41, 5.74) is 0. The first kappa shape index (κ1) is 15.9. The lowest BCUT2D eigenvalue weighted by Crippen LogP contribution is -2.43. The van der Waals surface area contributed by atoms with E-state index in [0.717, 1.165) is 4.47 Å². The zero-order valence-electron chi connectivity index (χ0n) is 12.3. The average molecular weight is 354 g/mol. The number of aromatic nitrogens is 1. The molecule has 0 saturated carbocycles. The van der Waals surface area contributed by atoms with Crippen LogP contribution in [-0.2, 0) is 9.59 Å². The number of pyridine rings is 1. The molecule has 5 nitrogen and oxygen atoms in total. The van der Waals surface area contributed by atoms with Gasteiger partial charge in [-0.3, -0.25) is 9.59 Å². The van der Waals surface area contributed by atoms with Crippen LogP contribution in [0.5, 0.6) is 0 Å². The first-order chi connectivity index (χ1) is 9.97. The Balaban J connectivity index is 1.86. The number of nitrogens with one attached hydrogen (secondary N) is 1. The number of hydrogen-bond acceptors (Lipinski definition) is 3. The molecule has 1 saturated heterocycles. The number of nitrogens with zero attached hydrogens (tertiary/aromatic N) is 2. The number of carbonyl (C=O) groups excluding carboxylic acids is 2. The minimum Gasteiger partial charge on any atom is -0.342 e. The molecule has 1 aromatic heterocycles. The number of piperidine rings is 1. The molecule has 1 fully saturated rings. The Bertz CT molecular complexity index is 508. The van der Waals surface area contributed by atoms with Gasteiger partial charge in [0.2, 0.25) is 11.8 Å². The quantitative estimate of drug-likeness (QED) is 0.908. The third kappa shape index (κ3) is 4.27. The van der Waals surface area contributed by atoms with Crippen LogP contribution in [0.25, 0.3) is 0 Å². The molecule has 114 valence electrons. The molecular formula is C15H20BrN3O2. The van der Waals surface area contributed by atoms with Gasteiger partial charge in [-0.1, -0.05) is 13.8 Å². The van der Waals surface area contributed by atoms with Crippen molar-refractivity contribution in [3.8, 4) is 0 Å². The molecule has 1 aliphatic rings. The zero-order valence-corrected chi connectivity index (χ0v) is 13.9. The molecule has 21 heavy (non-hydrogen) atoms. The van der Waals surface area contributed by atoms with Gasteiger partial charge in [-0.05, 0) is 40.9 Å². The maximum atomic E-state index is 12.2. The molecule has 6 heteroatoms. The van der Waals surface area contributed by atoms with Crippen LogP contribution in [0, 0.1) is 11.8 Å². The number of likely N-dealkylation sites (tertiary alicyclic amines) is 1. The van der Waals surface area contributed by atoms with E-state index in [1.54, 1.807) is 12.3 Å². The van der Waals surface area contributed by atoms with Gasteiger partial charge in [0, 0.05) is 35.6 Å². The highest BCUT2D eigenvalue weighted by molar-refractivity contribution is 9.10. The van der Waals surface area contributed by atoms with E-state index in [9.17, 15) is 9.59 Å². The van der Waals surface area contributed by atoms with Crippen LogP contribution in [0.4, 0.5) is 5.82 Å². The van der Waals surface area contributed by atoms with Gasteiger partial charge >= 0.3 is 0 Å². The maximum absolute atomic E-state index is 12.2. The molecule has 1 aliphatic heterocycles. The molecule has 1 N–H and O–H groups in total. The van der Waals surface area contributed by atoms with Crippen molar-refractivity contribution in [1.82, 2.24) is 9.88 Å². The molecule has 0 unspecified atom stereocenters. The van der Waals surface area contributed by atoms with Crippen molar-refractivity contribution in [2.75, 3.05) is 18.4 Å². The Kier molecular flexibility index (Phi) is 5.33. The van der Waals surface area contributed by atoms with E-state index in [1.807, 2.05) is 24.8 Å². The number of halogens is 1. The van der Waals surface area contributed by atoms with E-state index in [4.69, 9.17) is 0 Å². The average Bonchev–Trinajstić information content (AvgIpc) is 2.49. The molecule has 2 rings (SSSR count). The van der Waals surface area contributed by atoms with Gasteiger partial charge in [0.1, 0.15) is 5.82 Å². The van der Waals surface area contributed by atoms with Gasteiger partial charge < -0.3 is 10.2 Å². The number of anilines is 1. The van der Waals surface area contributed by atoms with Crippen LogP contribution in [0.15, 0.2) is 22.8 Å². The van der Waals surface area contributed by atoms with Gasteiger partial charge in [-0.2, -0.15) is 0 Å². The summed E-state index contributed by atoms with van der Waals surface area (Å²) < 4.78 is 0.876. The first-order valence-electron chi connectivity index (χ1n) is 7.18. The second-order valence-electron chi connectivity index (χ2n) is 5.61. The molecule has 0 bridgehead atoms. The number of hydrogen-bond donors (Lipinski definition) is 1. The molecule has 0 spiro atoms.